The number of rotatable bonds is 7. The van der Waals surface area contributed by atoms with Crippen LogP contribution in [-0.2, 0) is 4.74 Å². The Labute approximate surface area is 149 Å². The smallest absolute Gasteiger partial charge is 0.247 e. The van der Waals surface area contributed by atoms with Crippen LogP contribution in [0.3, 0.4) is 0 Å². The number of methoxy groups -OCH3 is 1. The van der Waals surface area contributed by atoms with E-state index in [1.807, 2.05) is 0 Å². The molecule has 2 heterocycles. The van der Waals surface area contributed by atoms with Gasteiger partial charge in [0, 0.05) is 52.1 Å². The molecule has 1 aliphatic rings. The zero-order valence-corrected chi connectivity index (χ0v) is 15.0. The van der Waals surface area contributed by atoms with Crippen LogP contribution in [0, 0.1) is 6.92 Å². The van der Waals surface area contributed by atoms with Gasteiger partial charge in [0.05, 0.1) is 6.20 Å². The summed E-state index contributed by atoms with van der Waals surface area (Å²) in [5.74, 6) is 1.46. The second-order valence-electron chi connectivity index (χ2n) is 6.23. The van der Waals surface area contributed by atoms with Crippen LogP contribution in [0.2, 0.25) is 0 Å². The molecule has 0 bridgehead atoms. The first-order valence-corrected chi connectivity index (χ1v) is 8.75. The number of piperazine rings is 1. The summed E-state index contributed by atoms with van der Waals surface area (Å²) in [7, 11) is 1.71. The number of hydrogen-bond donors (Lipinski definition) is 1. The van der Waals surface area contributed by atoms with Crippen molar-refractivity contribution in [3.8, 4) is 0 Å². The third-order valence-corrected chi connectivity index (χ3v) is 4.31. The van der Waals surface area contributed by atoms with Crippen LogP contribution in [0.4, 0.5) is 17.5 Å². The molecule has 3 rings (SSSR count). The minimum absolute atomic E-state index is 0.695. The highest BCUT2D eigenvalue weighted by atomic mass is 16.5. The molecule has 25 heavy (non-hydrogen) atoms. The molecule has 0 saturated carbocycles. The molecule has 7 heteroatoms. The molecule has 1 aromatic heterocycles. The molecule has 1 fully saturated rings. The predicted molar refractivity (Wildman–Crippen MR) is 100 cm³/mol. The molecule has 0 aliphatic carbocycles. The molecule has 0 unspecified atom stereocenters. The number of hydrogen-bond acceptors (Lipinski definition) is 7. The molecule has 1 aromatic carbocycles. The van der Waals surface area contributed by atoms with Crippen molar-refractivity contribution in [3.05, 3.63) is 36.0 Å². The first kappa shape index (κ1) is 17.4. The highest BCUT2D eigenvalue weighted by Crippen LogP contribution is 2.19. The maximum atomic E-state index is 5.05. The van der Waals surface area contributed by atoms with Crippen LogP contribution in [0.25, 0.3) is 0 Å². The second kappa shape index (κ2) is 8.62. The molecule has 1 aliphatic heterocycles. The van der Waals surface area contributed by atoms with E-state index < -0.39 is 0 Å². The van der Waals surface area contributed by atoms with Crippen LogP contribution < -0.4 is 15.1 Å². The summed E-state index contributed by atoms with van der Waals surface area (Å²) in [4.78, 5) is 9.19. The molecular weight excluding hydrogens is 316 g/mol. The van der Waals surface area contributed by atoms with Gasteiger partial charge in [0.25, 0.3) is 0 Å². The average molecular weight is 342 g/mol. The summed E-state index contributed by atoms with van der Waals surface area (Å²) in [5, 5.41) is 11.6. The quantitative estimate of drug-likeness (QED) is 0.772. The van der Waals surface area contributed by atoms with E-state index in [9.17, 15) is 0 Å². The average Bonchev–Trinajstić information content (AvgIpc) is 2.66. The van der Waals surface area contributed by atoms with Gasteiger partial charge in [0.15, 0.2) is 5.82 Å². The van der Waals surface area contributed by atoms with E-state index in [2.05, 4.69) is 61.5 Å². The Morgan fingerprint density at radius 1 is 1.16 bits per heavy atom. The summed E-state index contributed by atoms with van der Waals surface area (Å²) in [6.07, 6.45) is 2.60. The Kier molecular flexibility index (Phi) is 6.00. The van der Waals surface area contributed by atoms with Crippen LogP contribution >= 0.6 is 0 Å². The molecule has 0 radical (unpaired) electrons. The number of aryl methyl sites for hydroxylation is 1. The zero-order chi connectivity index (χ0) is 17.5. The Balaban J connectivity index is 1.55. The van der Waals surface area contributed by atoms with Gasteiger partial charge in [-0.1, -0.05) is 12.1 Å². The summed E-state index contributed by atoms with van der Waals surface area (Å²) in [6, 6.07) is 8.65. The number of nitrogens with one attached hydrogen (secondary N) is 1. The predicted octanol–water partition coefficient (Wildman–Crippen LogP) is 1.96. The number of nitrogens with zero attached hydrogens (tertiary/aromatic N) is 5. The lowest BCUT2D eigenvalue weighted by molar-refractivity contribution is 0.197. The third-order valence-electron chi connectivity index (χ3n) is 4.31. The maximum absolute atomic E-state index is 5.05. The number of anilines is 3. The van der Waals surface area contributed by atoms with Gasteiger partial charge in [0.2, 0.25) is 5.95 Å². The van der Waals surface area contributed by atoms with E-state index in [0.717, 1.165) is 51.6 Å². The van der Waals surface area contributed by atoms with E-state index in [4.69, 9.17) is 4.74 Å². The van der Waals surface area contributed by atoms with E-state index in [-0.39, 0.29) is 0 Å². The van der Waals surface area contributed by atoms with Crippen molar-refractivity contribution < 1.29 is 4.74 Å². The van der Waals surface area contributed by atoms with Crippen molar-refractivity contribution in [1.29, 1.82) is 0 Å². The van der Waals surface area contributed by atoms with Gasteiger partial charge in [0.1, 0.15) is 0 Å². The SMILES string of the molecule is COCCCNc1cnnc(N2CCN(c3cccc(C)c3)CC2)n1. The molecule has 0 atom stereocenters. The Morgan fingerprint density at radius 2 is 1.96 bits per heavy atom. The van der Waals surface area contributed by atoms with Crippen LogP contribution in [0.15, 0.2) is 30.5 Å². The standard InChI is InChI=1S/C18H26N6O/c1-15-5-3-6-16(13-15)23-8-10-24(11-9-23)18-21-17(14-20-22-18)19-7-4-12-25-2/h3,5-6,13-14H,4,7-12H2,1-2H3,(H,19,21,22). The Bertz CT molecular complexity index is 672. The lowest BCUT2D eigenvalue weighted by Gasteiger charge is -2.36. The van der Waals surface area contributed by atoms with E-state index in [1.54, 1.807) is 13.3 Å². The van der Waals surface area contributed by atoms with Crippen LogP contribution in [0.1, 0.15) is 12.0 Å². The van der Waals surface area contributed by atoms with E-state index in [0.29, 0.717) is 5.95 Å². The Morgan fingerprint density at radius 3 is 2.72 bits per heavy atom. The summed E-state index contributed by atoms with van der Waals surface area (Å²) in [5.41, 5.74) is 2.58. The monoisotopic (exact) mass is 342 g/mol. The van der Waals surface area contributed by atoms with Crippen molar-refractivity contribution in [3.63, 3.8) is 0 Å². The number of aromatic nitrogens is 3. The van der Waals surface area contributed by atoms with Crippen molar-refractivity contribution in [2.24, 2.45) is 0 Å². The lowest BCUT2D eigenvalue weighted by atomic mass is 10.2. The maximum Gasteiger partial charge on any atom is 0.247 e. The van der Waals surface area contributed by atoms with Gasteiger partial charge >= 0.3 is 0 Å². The third kappa shape index (κ3) is 4.79. The normalized spacial score (nSPS) is 14.6. The highest BCUT2D eigenvalue weighted by Gasteiger charge is 2.19. The summed E-state index contributed by atoms with van der Waals surface area (Å²) >= 11 is 0. The minimum atomic E-state index is 0.695. The minimum Gasteiger partial charge on any atom is -0.385 e. The van der Waals surface area contributed by atoms with Crippen molar-refractivity contribution in [1.82, 2.24) is 15.2 Å². The van der Waals surface area contributed by atoms with Gasteiger partial charge in [-0.25, -0.2) is 0 Å². The molecule has 1 N–H and O–H groups in total. The number of benzene rings is 1. The zero-order valence-electron chi connectivity index (χ0n) is 15.0. The van der Waals surface area contributed by atoms with Crippen molar-refractivity contribution >= 4 is 17.5 Å². The lowest BCUT2D eigenvalue weighted by Crippen LogP contribution is -2.47. The fourth-order valence-corrected chi connectivity index (χ4v) is 2.94. The molecule has 0 spiro atoms. The molecule has 0 amide bonds. The fraction of sp³-hybridized carbons (Fsp3) is 0.500. The van der Waals surface area contributed by atoms with Gasteiger partial charge < -0.3 is 19.9 Å². The van der Waals surface area contributed by atoms with Crippen LogP contribution in [0.5, 0.6) is 0 Å². The van der Waals surface area contributed by atoms with Crippen molar-refractivity contribution in [2.75, 3.05) is 61.6 Å². The van der Waals surface area contributed by atoms with Crippen LogP contribution in [-0.4, -0.2) is 61.6 Å². The fourth-order valence-electron chi connectivity index (χ4n) is 2.94. The van der Waals surface area contributed by atoms with Gasteiger partial charge in [-0.05, 0) is 31.0 Å². The second-order valence-corrected chi connectivity index (χ2v) is 6.23. The molecule has 1 saturated heterocycles. The van der Waals surface area contributed by atoms with E-state index in [1.165, 1.54) is 11.3 Å². The van der Waals surface area contributed by atoms with Gasteiger partial charge in [-0.2, -0.15) is 10.1 Å². The Hall–Kier alpha value is -2.41. The molecule has 7 nitrogen and oxygen atoms in total. The first-order valence-electron chi connectivity index (χ1n) is 8.75. The van der Waals surface area contributed by atoms with Gasteiger partial charge in [-0.3, -0.25) is 0 Å². The summed E-state index contributed by atoms with van der Waals surface area (Å²) in [6.45, 7) is 7.37. The largest absolute Gasteiger partial charge is 0.385 e. The van der Waals surface area contributed by atoms with Crippen molar-refractivity contribution in [2.45, 2.75) is 13.3 Å². The van der Waals surface area contributed by atoms with Gasteiger partial charge in [-0.15, -0.1) is 5.10 Å². The molecule has 2 aromatic rings. The highest BCUT2D eigenvalue weighted by molar-refractivity contribution is 5.50. The topological polar surface area (TPSA) is 66.4 Å². The summed E-state index contributed by atoms with van der Waals surface area (Å²) < 4.78 is 5.05. The van der Waals surface area contributed by atoms with E-state index >= 15 is 0 Å². The first-order chi connectivity index (χ1) is 12.3. The number of ether oxygens (including phenoxy) is 1. The molecular formula is C18H26N6O. The molecule has 134 valence electrons.